The van der Waals surface area contributed by atoms with Crippen molar-refractivity contribution in [1.82, 2.24) is 0 Å². The van der Waals surface area contributed by atoms with Crippen LogP contribution in [0.3, 0.4) is 0 Å². The first-order valence-corrected chi connectivity index (χ1v) is 9.03. The number of fused-ring (bicyclic) bond motifs is 1. The van der Waals surface area contributed by atoms with E-state index in [0.717, 1.165) is 23.4 Å². The van der Waals surface area contributed by atoms with Crippen LogP contribution in [0, 0.1) is 0 Å². The molecule has 130 valence electrons. The number of para-hydroxylation sites is 2. The van der Waals surface area contributed by atoms with Gasteiger partial charge in [-0.2, -0.15) is 0 Å². The molecule has 0 aromatic heterocycles. The minimum Gasteiger partial charge on any atom is -0.378 e. The molecule has 4 rings (SSSR count). The van der Waals surface area contributed by atoms with Crippen molar-refractivity contribution in [3.8, 4) is 0 Å². The maximum Gasteiger partial charge on any atom is 0.258 e. The van der Waals surface area contributed by atoms with Crippen molar-refractivity contribution in [2.24, 2.45) is 0 Å². The lowest BCUT2D eigenvalue weighted by Crippen LogP contribution is -2.44. The Balaban J connectivity index is 1.69. The molecule has 0 fully saturated rings. The minimum atomic E-state index is 0.0590. The summed E-state index contributed by atoms with van der Waals surface area (Å²) in [5.74, 6) is 0.0590. The zero-order valence-corrected chi connectivity index (χ0v) is 14.8. The third-order valence-corrected chi connectivity index (χ3v) is 4.94. The lowest BCUT2D eigenvalue weighted by molar-refractivity contribution is 0.0974. The highest BCUT2D eigenvalue weighted by Gasteiger charge is 2.33. The summed E-state index contributed by atoms with van der Waals surface area (Å²) in [6.45, 7) is 2.12. The van der Waals surface area contributed by atoms with Crippen LogP contribution in [-0.2, 0) is 0 Å². The van der Waals surface area contributed by atoms with Gasteiger partial charge in [0.05, 0.1) is 6.04 Å². The summed E-state index contributed by atoms with van der Waals surface area (Å²) < 4.78 is 0. The Bertz CT molecular complexity index is 892. The second-order valence-corrected chi connectivity index (χ2v) is 6.75. The van der Waals surface area contributed by atoms with E-state index < -0.39 is 0 Å². The molecule has 0 bridgehead atoms. The average molecular weight is 342 g/mol. The third kappa shape index (κ3) is 3.08. The van der Waals surface area contributed by atoms with Gasteiger partial charge in [0.15, 0.2) is 0 Å². The van der Waals surface area contributed by atoms with E-state index >= 15 is 0 Å². The van der Waals surface area contributed by atoms with Gasteiger partial charge in [0.25, 0.3) is 5.91 Å². The molecule has 0 saturated heterocycles. The smallest absolute Gasteiger partial charge is 0.258 e. The highest BCUT2D eigenvalue weighted by Crippen LogP contribution is 2.39. The molecule has 26 heavy (non-hydrogen) atoms. The van der Waals surface area contributed by atoms with E-state index in [1.54, 1.807) is 0 Å². The van der Waals surface area contributed by atoms with Crippen molar-refractivity contribution in [3.05, 3.63) is 96.1 Å². The van der Waals surface area contributed by atoms with Gasteiger partial charge < -0.3 is 10.2 Å². The summed E-state index contributed by atoms with van der Waals surface area (Å²) in [4.78, 5) is 15.1. The Kier molecular flexibility index (Phi) is 4.44. The van der Waals surface area contributed by atoms with Gasteiger partial charge >= 0.3 is 0 Å². The molecule has 1 amide bonds. The van der Waals surface area contributed by atoms with Crippen LogP contribution in [0.5, 0.6) is 0 Å². The Morgan fingerprint density at radius 1 is 0.885 bits per heavy atom. The number of benzene rings is 3. The van der Waals surface area contributed by atoms with Crippen LogP contribution >= 0.6 is 0 Å². The van der Waals surface area contributed by atoms with E-state index in [0.29, 0.717) is 0 Å². The van der Waals surface area contributed by atoms with Crippen molar-refractivity contribution < 1.29 is 4.79 Å². The third-order valence-electron chi connectivity index (χ3n) is 4.94. The number of carbonyl (C=O) groups excluding carboxylic acids is 1. The molecule has 1 aliphatic heterocycles. The Labute approximate surface area is 154 Å². The van der Waals surface area contributed by atoms with Gasteiger partial charge in [-0.05, 0) is 49.2 Å². The number of nitrogens with one attached hydrogen (secondary N) is 1. The molecule has 3 aromatic carbocycles. The van der Waals surface area contributed by atoms with Gasteiger partial charge in [0, 0.05) is 23.0 Å². The molecule has 3 aromatic rings. The van der Waals surface area contributed by atoms with E-state index in [1.807, 2.05) is 71.6 Å². The minimum absolute atomic E-state index is 0.0590. The van der Waals surface area contributed by atoms with Crippen LogP contribution in [0.1, 0.15) is 35.3 Å². The summed E-state index contributed by atoms with van der Waals surface area (Å²) in [6, 6.07) is 28.3. The molecule has 0 spiro atoms. The van der Waals surface area contributed by atoms with Crippen molar-refractivity contribution in [2.45, 2.75) is 25.4 Å². The highest BCUT2D eigenvalue weighted by molar-refractivity contribution is 6.07. The first-order chi connectivity index (χ1) is 12.7. The molecule has 0 saturated carbocycles. The summed E-state index contributed by atoms with van der Waals surface area (Å²) in [6.07, 6.45) is 0.866. The molecule has 3 nitrogen and oxygen atoms in total. The van der Waals surface area contributed by atoms with Crippen LogP contribution in [0.15, 0.2) is 84.9 Å². The molecule has 0 aliphatic carbocycles. The summed E-state index contributed by atoms with van der Waals surface area (Å²) in [5.41, 5.74) is 3.98. The maximum absolute atomic E-state index is 13.1. The van der Waals surface area contributed by atoms with Crippen molar-refractivity contribution in [2.75, 3.05) is 10.2 Å². The van der Waals surface area contributed by atoms with Crippen molar-refractivity contribution >= 4 is 17.3 Å². The number of rotatable bonds is 3. The van der Waals surface area contributed by atoms with Crippen molar-refractivity contribution in [3.63, 3.8) is 0 Å². The van der Waals surface area contributed by atoms with E-state index in [4.69, 9.17) is 0 Å². The van der Waals surface area contributed by atoms with E-state index in [2.05, 4.69) is 30.4 Å². The van der Waals surface area contributed by atoms with Gasteiger partial charge in [-0.15, -0.1) is 0 Å². The topological polar surface area (TPSA) is 32.3 Å². The molecule has 2 atom stereocenters. The second-order valence-electron chi connectivity index (χ2n) is 6.75. The van der Waals surface area contributed by atoms with Crippen LogP contribution in [0.4, 0.5) is 11.4 Å². The van der Waals surface area contributed by atoms with Crippen molar-refractivity contribution in [1.29, 1.82) is 0 Å². The zero-order chi connectivity index (χ0) is 17.9. The predicted octanol–water partition coefficient (Wildman–Crippen LogP) is 5.28. The molecular formula is C23H22N2O. The van der Waals surface area contributed by atoms with Gasteiger partial charge in [-0.1, -0.05) is 54.6 Å². The van der Waals surface area contributed by atoms with E-state index in [9.17, 15) is 4.79 Å². The zero-order valence-electron chi connectivity index (χ0n) is 14.8. The normalized spacial score (nSPS) is 18.9. The van der Waals surface area contributed by atoms with Gasteiger partial charge in [-0.3, -0.25) is 4.79 Å². The van der Waals surface area contributed by atoms with Crippen LogP contribution in [0.2, 0.25) is 0 Å². The molecule has 1 aliphatic rings. The highest BCUT2D eigenvalue weighted by atomic mass is 16.2. The fourth-order valence-corrected chi connectivity index (χ4v) is 3.71. The predicted molar refractivity (Wildman–Crippen MR) is 107 cm³/mol. The van der Waals surface area contributed by atoms with Crippen LogP contribution in [0.25, 0.3) is 0 Å². The SMILES string of the molecule is C[C@H]1C[C@@H](Nc2ccccc2)c2ccccc2N1C(=O)c1ccccc1. The average Bonchev–Trinajstić information content (AvgIpc) is 2.69. The Morgan fingerprint density at radius 2 is 1.50 bits per heavy atom. The lowest BCUT2D eigenvalue weighted by atomic mass is 9.90. The quantitative estimate of drug-likeness (QED) is 0.702. The van der Waals surface area contributed by atoms with Crippen LogP contribution in [-0.4, -0.2) is 11.9 Å². The molecule has 1 N–H and O–H groups in total. The second kappa shape index (κ2) is 7.04. The van der Waals surface area contributed by atoms with E-state index in [1.165, 1.54) is 5.56 Å². The molecular weight excluding hydrogens is 320 g/mol. The number of anilines is 2. The Morgan fingerprint density at radius 3 is 2.23 bits per heavy atom. The van der Waals surface area contributed by atoms with Crippen LogP contribution < -0.4 is 10.2 Å². The molecule has 0 radical (unpaired) electrons. The fourth-order valence-electron chi connectivity index (χ4n) is 3.71. The summed E-state index contributed by atoms with van der Waals surface area (Å²) in [5, 5.41) is 3.63. The molecule has 3 heteroatoms. The largest absolute Gasteiger partial charge is 0.378 e. The number of nitrogens with zero attached hydrogens (tertiary/aromatic N) is 1. The maximum atomic E-state index is 13.1. The first kappa shape index (κ1) is 16.4. The molecule has 1 heterocycles. The number of hydrogen-bond acceptors (Lipinski definition) is 2. The number of hydrogen-bond donors (Lipinski definition) is 1. The van der Waals surface area contributed by atoms with E-state index in [-0.39, 0.29) is 18.0 Å². The summed E-state index contributed by atoms with van der Waals surface area (Å²) in [7, 11) is 0. The van der Waals surface area contributed by atoms with Gasteiger partial charge in [0.2, 0.25) is 0 Å². The number of carbonyl (C=O) groups is 1. The lowest BCUT2D eigenvalue weighted by Gasteiger charge is -2.40. The van der Waals surface area contributed by atoms with Gasteiger partial charge in [0.1, 0.15) is 0 Å². The Hall–Kier alpha value is -3.07. The number of amides is 1. The first-order valence-electron chi connectivity index (χ1n) is 9.03. The fraction of sp³-hybridized carbons (Fsp3) is 0.174. The molecule has 0 unspecified atom stereocenters. The van der Waals surface area contributed by atoms with Gasteiger partial charge in [-0.25, -0.2) is 0 Å². The summed E-state index contributed by atoms with van der Waals surface area (Å²) >= 11 is 0. The standard InChI is InChI=1S/C23H22N2O/c1-17-16-21(24-19-12-6-3-7-13-19)20-14-8-9-15-22(20)25(17)23(26)18-10-4-2-5-11-18/h2-15,17,21,24H,16H2,1H3/t17-,21+/m0/s1. The monoisotopic (exact) mass is 342 g/mol.